The Morgan fingerprint density at radius 3 is 2.76 bits per heavy atom. The Bertz CT molecular complexity index is 512. The molecule has 2 N–H and O–H groups in total. The second kappa shape index (κ2) is 4.82. The monoisotopic (exact) mass is 229 g/mol. The van der Waals surface area contributed by atoms with Crippen molar-refractivity contribution in [3.8, 4) is 17.0 Å². The number of benzene rings is 1. The minimum absolute atomic E-state index is 0.153. The third-order valence-corrected chi connectivity index (χ3v) is 2.18. The van der Waals surface area contributed by atoms with Crippen molar-refractivity contribution >= 4 is 5.95 Å². The first-order valence-corrected chi connectivity index (χ1v) is 5.51. The largest absolute Gasteiger partial charge is 0.491 e. The van der Waals surface area contributed by atoms with E-state index in [-0.39, 0.29) is 12.1 Å². The quantitative estimate of drug-likeness (QED) is 0.878. The molecule has 0 bridgehead atoms. The molecule has 0 aliphatic rings. The van der Waals surface area contributed by atoms with Crippen LogP contribution >= 0.6 is 0 Å². The summed E-state index contributed by atoms with van der Waals surface area (Å²) in [5.41, 5.74) is 7.33. The number of nitrogens with zero attached hydrogens (tertiary/aromatic N) is 2. The third kappa shape index (κ3) is 2.93. The molecule has 0 spiro atoms. The van der Waals surface area contributed by atoms with Gasteiger partial charge >= 0.3 is 0 Å². The fourth-order valence-corrected chi connectivity index (χ4v) is 1.54. The average Bonchev–Trinajstić information content (AvgIpc) is 2.28. The van der Waals surface area contributed by atoms with Crippen molar-refractivity contribution in [3.05, 3.63) is 36.5 Å². The molecular formula is C13H15N3O. The van der Waals surface area contributed by atoms with Crippen LogP contribution in [0.2, 0.25) is 0 Å². The molecule has 2 rings (SSSR count). The summed E-state index contributed by atoms with van der Waals surface area (Å²) in [5, 5.41) is 0. The van der Waals surface area contributed by atoms with Crippen LogP contribution in [0.25, 0.3) is 11.3 Å². The molecule has 1 aromatic carbocycles. The lowest BCUT2D eigenvalue weighted by atomic mass is 10.1. The predicted molar refractivity (Wildman–Crippen MR) is 67.6 cm³/mol. The Morgan fingerprint density at radius 2 is 2.06 bits per heavy atom. The summed E-state index contributed by atoms with van der Waals surface area (Å²) in [6, 6.07) is 9.60. The smallest absolute Gasteiger partial charge is 0.220 e. The lowest BCUT2D eigenvalue weighted by molar-refractivity contribution is 0.242. The van der Waals surface area contributed by atoms with Crippen LogP contribution in [-0.2, 0) is 0 Å². The van der Waals surface area contributed by atoms with E-state index < -0.39 is 0 Å². The molecule has 0 saturated carbocycles. The second-order valence-corrected chi connectivity index (χ2v) is 3.99. The molecule has 0 radical (unpaired) electrons. The van der Waals surface area contributed by atoms with Gasteiger partial charge < -0.3 is 10.5 Å². The van der Waals surface area contributed by atoms with Gasteiger partial charge in [0.1, 0.15) is 5.75 Å². The zero-order chi connectivity index (χ0) is 12.3. The number of hydrogen-bond donors (Lipinski definition) is 1. The number of anilines is 1. The fraction of sp³-hybridized carbons (Fsp3) is 0.231. The van der Waals surface area contributed by atoms with E-state index in [0.717, 1.165) is 17.0 Å². The number of aromatic nitrogens is 2. The highest BCUT2D eigenvalue weighted by atomic mass is 16.5. The summed E-state index contributed by atoms with van der Waals surface area (Å²) < 4.78 is 5.63. The number of hydrogen-bond acceptors (Lipinski definition) is 4. The van der Waals surface area contributed by atoms with Gasteiger partial charge in [-0.2, -0.15) is 0 Å². The van der Waals surface area contributed by atoms with E-state index in [9.17, 15) is 0 Å². The summed E-state index contributed by atoms with van der Waals surface area (Å²) >= 11 is 0. The lowest BCUT2D eigenvalue weighted by Crippen LogP contribution is -2.05. The van der Waals surface area contributed by atoms with Crippen molar-refractivity contribution in [2.24, 2.45) is 0 Å². The van der Waals surface area contributed by atoms with Gasteiger partial charge in [0.15, 0.2) is 0 Å². The van der Waals surface area contributed by atoms with Crippen molar-refractivity contribution in [2.75, 3.05) is 5.73 Å². The molecule has 0 aliphatic carbocycles. The molecule has 4 nitrogen and oxygen atoms in total. The van der Waals surface area contributed by atoms with Gasteiger partial charge in [0, 0.05) is 11.8 Å². The highest BCUT2D eigenvalue weighted by Gasteiger charge is 2.03. The Balaban J connectivity index is 2.33. The molecular weight excluding hydrogens is 214 g/mol. The standard InChI is InChI=1S/C13H15N3O/c1-9(2)17-11-5-3-4-10(8-11)12-6-7-15-13(14)16-12/h3-9H,1-2H3,(H2,14,15,16). The van der Waals surface area contributed by atoms with E-state index >= 15 is 0 Å². The highest BCUT2D eigenvalue weighted by molar-refractivity contribution is 5.61. The van der Waals surface area contributed by atoms with E-state index in [4.69, 9.17) is 10.5 Å². The molecule has 0 saturated heterocycles. The summed E-state index contributed by atoms with van der Waals surface area (Å²) in [5.74, 6) is 1.10. The van der Waals surface area contributed by atoms with Gasteiger partial charge in [-0.3, -0.25) is 0 Å². The van der Waals surface area contributed by atoms with Gasteiger partial charge in [-0.1, -0.05) is 12.1 Å². The van der Waals surface area contributed by atoms with Gasteiger partial charge in [-0.15, -0.1) is 0 Å². The fourth-order valence-electron chi connectivity index (χ4n) is 1.54. The zero-order valence-corrected chi connectivity index (χ0v) is 9.92. The Hall–Kier alpha value is -2.10. The highest BCUT2D eigenvalue weighted by Crippen LogP contribution is 2.22. The van der Waals surface area contributed by atoms with Crippen LogP contribution in [-0.4, -0.2) is 16.1 Å². The maximum absolute atomic E-state index is 5.63. The molecule has 17 heavy (non-hydrogen) atoms. The molecule has 0 fully saturated rings. The molecule has 0 aliphatic heterocycles. The Kier molecular flexibility index (Phi) is 3.23. The van der Waals surface area contributed by atoms with Crippen molar-refractivity contribution in [2.45, 2.75) is 20.0 Å². The van der Waals surface area contributed by atoms with E-state index in [1.54, 1.807) is 6.20 Å². The van der Waals surface area contributed by atoms with Gasteiger partial charge in [0.25, 0.3) is 0 Å². The molecule has 88 valence electrons. The van der Waals surface area contributed by atoms with Crippen molar-refractivity contribution < 1.29 is 4.74 Å². The normalized spacial score (nSPS) is 10.5. The number of rotatable bonds is 3. The molecule has 0 atom stereocenters. The van der Waals surface area contributed by atoms with E-state index in [1.165, 1.54) is 0 Å². The first kappa shape index (κ1) is 11.4. The summed E-state index contributed by atoms with van der Waals surface area (Å²) in [6.07, 6.45) is 1.80. The Labute approximate surface area is 100 Å². The summed E-state index contributed by atoms with van der Waals surface area (Å²) in [7, 11) is 0. The molecule has 1 aromatic heterocycles. The van der Waals surface area contributed by atoms with E-state index in [2.05, 4.69) is 9.97 Å². The number of ether oxygens (including phenoxy) is 1. The van der Waals surface area contributed by atoms with Crippen LogP contribution in [0.3, 0.4) is 0 Å². The van der Waals surface area contributed by atoms with Gasteiger partial charge in [-0.05, 0) is 32.0 Å². The van der Waals surface area contributed by atoms with Crippen molar-refractivity contribution in [1.29, 1.82) is 0 Å². The van der Waals surface area contributed by atoms with Gasteiger partial charge in [0.2, 0.25) is 5.95 Å². The average molecular weight is 229 g/mol. The molecule has 0 amide bonds. The molecule has 0 unspecified atom stereocenters. The Morgan fingerprint density at radius 1 is 1.24 bits per heavy atom. The van der Waals surface area contributed by atoms with Crippen molar-refractivity contribution in [3.63, 3.8) is 0 Å². The topological polar surface area (TPSA) is 61.0 Å². The van der Waals surface area contributed by atoms with Gasteiger partial charge in [-0.25, -0.2) is 9.97 Å². The minimum Gasteiger partial charge on any atom is -0.491 e. The minimum atomic E-state index is 0.153. The van der Waals surface area contributed by atoms with Crippen LogP contribution in [0.1, 0.15) is 13.8 Å². The third-order valence-electron chi connectivity index (χ3n) is 2.18. The predicted octanol–water partition coefficient (Wildman–Crippen LogP) is 2.51. The summed E-state index contributed by atoms with van der Waals surface area (Å²) in [4.78, 5) is 8.05. The summed E-state index contributed by atoms with van der Waals surface area (Å²) in [6.45, 7) is 3.99. The SMILES string of the molecule is CC(C)Oc1cccc(-c2ccnc(N)n2)c1. The van der Waals surface area contributed by atoms with Crippen LogP contribution in [0.4, 0.5) is 5.95 Å². The number of nitrogens with two attached hydrogens (primary N) is 1. The van der Waals surface area contributed by atoms with Crippen molar-refractivity contribution in [1.82, 2.24) is 9.97 Å². The molecule has 2 aromatic rings. The van der Waals surface area contributed by atoms with Gasteiger partial charge in [0.05, 0.1) is 11.8 Å². The zero-order valence-electron chi connectivity index (χ0n) is 9.92. The van der Waals surface area contributed by atoms with E-state index in [0.29, 0.717) is 0 Å². The maximum Gasteiger partial charge on any atom is 0.220 e. The second-order valence-electron chi connectivity index (χ2n) is 3.99. The lowest BCUT2D eigenvalue weighted by Gasteiger charge is -2.10. The first-order valence-electron chi connectivity index (χ1n) is 5.51. The van der Waals surface area contributed by atoms with Crippen LogP contribution in [0.5, 0.6) is 5.75 Å². The maximum atomic E-state index is 5.63. The first-order chi connectivity index (χ1) is 8.15. The molecule has 4 heteroatoms. The van der Waals surface area contributed by atoms with Crippen LogP contribution in [0.15, 0.2) is 36.5 Å². The van der Waals surface area contributed by atoms with Crippen LogP contribution in [0, 0.1) is 0 Å². The number of nitrogen functional groups attached to an aromatic ring is 1. The van der Waals surface area contributed by atoms with E-state index in [1.807, 2.05) is 44.2 Å². The van der Waals surface area contributed by atoms with Crippen LogP contribution < -0.4 is 10.5 Å². The molecule has 1 heterocycles.